The number of carbonyl (C=O) groups excluding carboxylic acids is 1. The van der Waals surface area contributed by atoms with Crippen LogP contribution in [0.1, 0.15) is 20.3 Å². The lowest BCUT2D eigenvalue weighted by Crippen LogP contribution is -2.47. The molecule has 1 aromatic rings. The van der Waals surface area contributed by atoms with Crippen LogP contribution >= 0.6 is 12.2 Å². The van der Waals surface area contributed by atoms with E-state index in [0.29, 0.717) is 12.1 Å². The molecule has 18 heavy (non-hydrogen) atoms. The van der Waals surface area contributed by atoms with Gasteiger partial charge in [-0.3, -0.25) is 4.79 Å². The Kier molecular flexibility index (Phi) is 4.40. The molecular formula is C13H17FN2OS. The van der Waals surface area contributed by atoms with Crippen molar-refractivity contribution in [2.75, 3.05) is 11.9 Å². The summed E-state index contributed by atoms with van der Waals surface area (Å²) in [5.74, 6) is -0.622. The van der Waals surface area contributed by atoms with Gasteiger partial charge in [0.05, 0.1) is 10.4 Å². The molecule has 0 radical (unpaired) electrons. The Morgan fingerprint density at radius 3 is 2.61 bits per heavy atom. The number of thiocarbonyl (C=S) groups is 1. The van der Waals surface area contributed by atoms with E-state index in [1.807, 2.05) is 6.92 Å². The molecule has 0 aliphatic carbocycles. The van der Waals surface area contributed by atoms with Gasteiger partial charge in [0, 0.05) is 12.7 Å². The van der Waals surface area contributed by atoms with Crippen LogP contribution in [0.5, 0.6) is 0 Å². The quantitative estimate of drug-likeness (QED) is 0.853. The van der Waals surface area contributed by atoms with E-state index < -0.39 is 5.41 Å². The first-order valence-electron chi connectivity index (χ1n) is 5.66. The number of halogens is 1. The molecule has 3 nitrogen and oxygen atoms in total. The number of amides is 1. The lowest BCUT2D eigenvalue weighted by Gasteiger charge is -2.30. The predicted molar refractivity (Wildman–Crippen MR) is 75.0 cm³/mol. The monoisotopic (exact) mass is 268 g/mol. The zero-order valence-electron chi connectivity index (χ0n) is 10.7. The molecule has 0 spiro atoms. The molecule has 1 rings (SSSR count). The van der Waals surface area contributed by atoms with E-state index in [9.17, 15) is 9.18 Å². The summed E-state index contributed by atoms with van der Waals surface area (Å²) in [5.41, 5.74) is 5.21. The summed E-state index contributed by atoms with van der Waals surface area (Å²) >= 11 is 4.96. The number of anilines is 1. The van der Waals surface area contributed by atoms with Crippen LogP contribution in [-0.2, 0) is 4.79 Å². The fourth-order valence-electron chi connectivity index (χ4n) is 1.60. The molecule has 1 unspecified atom stereocenters. The Morgan fingerprint density at radius 1 is 1.56 bits per heavy atom. The molecule has 0 heterocycles. The van der Waals surface area contributed by atoms with E-state index in [2.05, 4.69) is 0 Å². The molecular weight excluding hydrogens is 251 g/mol. The van der Waals surface area contributed by atoms with Gasteiger partial charge in [-0.15, -0.1) is 0 Å². The summed E-state index contributed by atoms with van der Waals surface area (Å²) in [6.07, 6.45) is 0.501. The Labute approximate surface area is 112 Å². The van der Waals surface area contributed by atoms with Gasteiger partial charge in [-0.25, -0.2) is 4.39 Å². The lowest BCUT2D eigenvalue weighted by molar-refractivity contribution is -0.124. The molecule has 0 aliphatic heterocycles. The van der Waals surface area contributed by atoms with Gasteiger partial charge in [-0.2, -0.15) is 0 Å². The van der Waals surface area contributed by atoms with Crippen molar-refractivity contribution in [3.8, 4) is 0 Å². The highest BCUT2D eigenvalue weighted by molar-refractivity contribution is 7.80. The zero-order valence-corrected chi connectivity index (χ0v) is 11.6. The standard InChI is InChI=1S/C13H17FN2OS/c1-4-13(2,11(15)18)12(17)16(3)10-7-5-6-9(14)8-10/h5-8H,4H2,1-3H3,(H2,15,18). The van der Waals surface area contributed by atoms with Crippen LogP contribution in [0, 0.1) is 11.2 Å². The van der Waals surface area contributed by atoms with Gasteiger partial charge in [0.25, 0.3) is 0 Å². The molecule has 2 N–H and O–H groups in total. The average Bonchev–Trinajstić information content (AvgIpc) is 2.35. The van der Waals surface area contributed by atoms with Crippen molar-refractivity contribution in [3.05, 3.63) is 30.1 Å². The van der Waals surface area contributed by atoms with Gasteiger partial charge < -0.3 is 10.6 Å². The number of nitrogens with two attached hydrogens (primary N) is 1. The van der Waals surface area contributed by atoms with Gasteiger partial charge in [0.15, 0.2) is 0 Å². The maximum absolute atomic E-state index is 13.1. The first kappa shape index (κ1) is 14.6. The minimum atomic E-state index is -0.906. The van der Waals surface area contributed by atoms with Crippen molar-refractivity contribution < 1.29 is 9.18 Å². The highest BCUT2D eigenvalue weighted by atomic mass is 32.1. The largest absolute Gasteiger partial charge is 0.392 e. The second-order valence-electron chi connectivity index (χ2n) is 4.39. The Bertz CT molecular complexity index is 478. The topological polar surface area (TPSA) is 46.3 Å². The van der Waals surface area contributed by atoms with Gasteiger partial charge in [0.2, 0.25) is 5.91 Å². The van der Waals surface area contributed by atoms with Crippen LogP contribution < -0.4 is 10.6 Å². The first-order chi connectivity index (χ1) is 8.32. The highest BCUT2D eigenvalue weighted by Crippen LogP contribution is 2.27. The van der Waals surface area contributed by atoms with Crippen molar-refractivity contribution in [1.29, 1.82) is 0 Å². The SMILES string of the molecule is CCC(C)(C(=O)N(C)c1cccc(F)c1)C(N)=S. The maximum atomic E-state index is 13.1. The number of nitrogens with zero attached hydrogens (tertiary/aromatic N) is 1. The molecule has 0 aromatic heterocycles. The summed E-state index contributed by atoms with van der Waals surface area (Å²) in [6, 6.07) is 5.84. The highest BCUT2D eigenvalue weighted by Gasteiger charge is 2.37. The van der Waals surface area contributed by atoms with E-state index >= 15 is 0 Å². The van der Waals surface area contributed by atoms with Gasteiger partial charge >= 0.3 is 0 Å². The van der Waals surface area contributed by atoms with Gasteiger partial charge in [-0.05, 0) is 31.5 Å². The molecule has 0 bridgehead atoms. The molecule has 1 amide bonds. The lowest BCUT2D eigenvalue weighted by atomic mass is 9.86. The van der Waals surface area contributed by atoms with Crippen LogP contribution in [0.15, 0.2) is 24.3 Å². The average molecular weight is 268 g/mol. The van der Waals surface area contributed by atoms with Gasteiger partial charge in [0.1, 0.15) is 5.82 Å². The molecule has 0 fully saturated rings. The van der Waals surface area contributed by atoms with E-state index in [1.54, 1.807) is 26.1 Å². The van der Waals surface area contributed by atoms with Crippen LogP contribution in [0.4, 0.5) is 10.1 Å². The van der Waals surface area contributed by atoms with E-state index in [-0.39, 0.29) is 16.7 Å². The number of carbonyl (C=O) groups is 1. The Balaban J connectivity index is 3.07. The molecule has 98 valence electrons. The van der Waals surface area contributed by atoms with Crippen LogP contribution in [0.25, 0.3) is 0 Å². The summed E-state index contributed by atoms with van der Waals surface area (Å²) in [4.78, 5) is 13.9. The number of hydrogen-bond donors (Lipinski definition) is 1. The smallest absolute Gasteiger partial charge is 0.239 e. The maximum Gasteiger partial charge on any atom is 0.239 e. The third kappa shape index (κ3) is 2.67. The first-order valence-corrected chi connectivity index (χ1v) is 6.07. The molecule has 1 atom stereocenters. The predicted octanol–water partition coefficient (Wildman–Crippen LogP) is 2.49. The van der Waals surface area contributed by atoms with Crippen molar-refractivity contribution in [3.63, 3.8) is 0 Å². The van der Waals surface area contributed by atoms with E-state index in [4.69, 9.17) is 18.0 Å². The second kappa shape index (κ2) is 5.44. The summed E-state index contributed by atoms with van der Waals surface area (Å²) < 4.78 is 13.1. The molecule has 0 saturated heterocycles. The normalized spacial score (nSPS) is 13.8. The van der Waals surface area contributed by atoms with Crippen molar-refractivity contribution in [1.82, 2.24) is 0 Å². The minimum Gasteiger partial charge on any atom is -0.392 e. The second-order valence-corrected chi connectivity index (χ2v) is 4.83. The third-order valence-corrected chi connectivity index (χ3v) is 3.67. The number of rotatable bonds is 4. The minimum absolute atomic E-state index is 0.151. The molecule has 0 aliphatic rings. The number of hydrogen-bond acceptors (Lipinski definition) is 2. The van der Waals surface area contributed by atoms with Crippen molar-refractivity contribution >= 4 is 28.8 Å². The molecule has 1 aromatic carbocycles. The third-order valence-electron chi connectivity index (χ3n) is 3.22. The van der Waals surface area contributed by atoms with Crippen LogP contribution in [0.2, 0.25) is 0 Å². The molecule has 0 saturated carbocycles. The van der Waals surface area contributed by atoms with E-state index in [1.165, 1.54) is 17.0 Å². The van der Waals surface area contributed by atoms with Crippen LogP contribution in [-0.4, -0.2) is 17.9 Å². The fourth-order valence-corrected chi connectivity index (χ4v) is 1.83. The number of benzene rings is 1. The van der Waals surface area contributed by atoms with Crippen molar-refractivity contribution in [2.24, 2.45) is 11.1 Å². The Hall–Kier alpha value is -1.49. The Morgan fingerprint density at radius 2 is 2.17 bits per heavy atom. The molecule has 5 heteroatoms. The summed E-state index contributed by atoms with van der Waals surface area (Å²) in [6.45, 7) is 3.55. The van der Waals surface area contributed by atoms with E-state index in [0.717, 1.165) is 0 Å². The zero-order chi connectivity index (χ0) is 13.9. The summed E-state index contributed by atoms with van der Waals surface area (Å²) in [7, 11) is 1.59. The van der Waals surface area contributed by atoms with Gasteiger partial charge in [-0.1, -0.05) is 25.2 Å². The fraction of sp³-hybridized carbons (Fsp3) is 0.385. The van der Waals surface area contributed by atoms with Crippen molar-refractivity contribution in [2.45, 2.75) is 20.3 Å². The van der Waals surface area contributed by atoms with Crippen LogP contribution in [0.3, 0.4) is 0 Å². The summed E-state index contributed by atoms with van der Waals surface area (Å²) in [5, 5.41) is 0.